The molecule has 2 N–H and O–H groups in total. The van der Waals surface area contributed by atoms with Gasteiger partial charge in [-0.05, 0) is 61.6 Å². The van der Waals surface area contributed by atoms with Gasteiger partial charge in [-0.3, -0.25) is 4.98 Å². The monoisotopic (exact) mass is 254 g/mol. The third kappa shape index (κ3) is 2.61. The Balaban J connectivity index is 1.77. The molecule has 1 aliphatic carbocycles. The molecule has 3 heteroatoms. The number of ether oxygens (including phenoxy) is 1. The molecule has 98 valence electrons. The van der Waals surface area contributed by atoms with E-state index in [0.717, 1.165) is 23.6 Å². The molecule has 0 fully saturated rings. The summed E-state index contributed by atoms with van der Waals surface area (Å²) in [5, 5.41) is 0. The number of aryl methyl sites for hydroxylation is 2. The second-order valence-electron chi connectivity index (χ2n) is 5.09. The smallest absolute Gasteiger partial charge is 0.145 e. The van der Waals surface area contributed by atoms with Gasteiger partial charge in [0.2, 0.25) is 0 Å². The van der Waals surface area contributed by atoms with E-state index in [1.54, 1.807) is 6.20 Å². The van der Waals surface area contributed by atoms with Crippen LogP contribution in [-0.2, 0) is 12.8 Å². The predicted octanol–water partition coefficient (Wildman–Crippen LogP) is 3.38. The van der Waals surface area contributed by atoms with E-state index < -0.39 is 0 Å². The van der Waals surface area contributed by atoms with E-state index in [1.807, 2.05) is 25.1 Å². The van der Waals surface area contributed by atoms with Crippen molar-refractivity contribution in [1.82, 2.24) is 4.98 Å². The van der Waals surface area contributed by atoms with Crippen LogP contribution in [0.3, 0.4) is 0 Å². The summed E-state index contributed by atoms with van der Waals surface area (Å²) in [6, 6.07) is 10.1. The Morgan fingerprint density at radius 1 is 1.11 bits per heavy atom. The molecule has 0 spiro atoms. The summed E-state index contributed by atoms with van der Waals surface area (Å²) in [5.41, 5.74) is 9.52. The molecule has 1 aromatic heterocycles. The van der Waals surface area contributed by atoms with Crippen LogP contribution < -0.4 is 10.5 Å². The van der Waals surface area contributed by atoms with Gasteiger partial charge >= 0.3 is 0 Å². The van der Waals surface area contributed by atoms with E-state index in [4.69, 9.17) is 10.5 Å². The Labute approximate surface area is 113 Å². The molecule has 3 nitrogen and oxygen atoms in total. The fourth-order valence-corrected chi connectivity index (χ4v) is 2.47. The Morgan fingerprint density at radius 3 is 2.63 bits per heavy atom. The second-order valence-corrected chi connectivity index (χ2v) is 5.09. The van der Waals surface area contributed by atoms with E-state index >= 15 is 0 Å². The molecule has 0 saturated carbocycles. The first-order valence-electron chi connectivity index (χ1n) is 6.73. The third-order valence-electron chi connectivity index (χ3n) is 3.53. The van der Waals surface area contributed by atoms with E-state index in [1.165, 1.54) is 24.0 Å². The van der Waals surface area contributed by atoms with Crippen molar-refractivity contribution in [3.05, 3.63) is 53.3 Å². The lowest BCUT2D eigenvalue weighted by atomic mass is 10.1. The average Bonchev–Trinajstić information content (AvgIpc) is 2.87. The van der Waals surface area contributed by atoms with Crippen molar-refractivity contribution < 1.29 is 4.74 Å². The lowest BCUT2D eigenvalue weighted by molar-refractivity contribution is 0.478. The quantitative estimate of drug-likeness (QED) is 0.913. The highest BCUT2D eigenvalue weighted by Gasteiger charge is 2.11. The van der Waals surface area contributed by atoms with E-state index in [9.17, 15) is 0 Å². The number of nitrogens with two attached hydrogens (primary N) is 1. The molecule has 0 amide bonds. The number of benzene rings is 1. The van der Waals surface area contributed by atoms with Gasteiger partial charge < -0.3 is 10.5 Å². The fourth-order valence-electron chi connectivity index (χ4n) is 2.47. The van der Waals surface area contributed by atoms with Gasteiger partial charge in [-0.2, -0.15) is 0 Å². The van der Waals surface area contributed by atoms with Crippen LogP contribution in [0.2, 0.25) is 0 Å². The first kappa shape index (κ1) is 12.2. The van der Waals surface area contributed by atoms with E-state index in [2.05, 4.69) is 17.1 Å². The minimum atomic E-state index is -0.0472. The molecular formula is C16H18N2O. The van der Waals surface area contributed by atoms with Gasteiger partial charge in [0.1, 0.15) is 11.5 Å². The number of hydrogen-bond acceptors (Lipinski definition) is 3. The Morgan fingerprint density at radius 2 is 1.89 bits per heavy atom. The molecule has 19 heavy (non-hydrogen) atoms. The van der Waals surface area contributed by atoms with Crippen molar-refractivity contribution in [2.75, 3.05) is 0 Å². The van der Waals surface area contributed by atoms with Crippen LogP contribution in [0.25, 0.3) is 0 Å². The highest BCUT2D eigenvalue weighted by atomic mass is 16.5. The minimum Gasteiger partial charge on any atom is -0.456 e. The van der Waals surface area contributed by atoms with Gasteiger partial charge in [0.05, 0.1) is 11.9 Å². The van der Waals surface area contributed by atoms with Gasteiger partial charge in [0.25, 0.3) is 0 Å². The Kier molecular flexibility index (Phi) is 3.22. The zero-order valence-electron chi connectivity index (χ0n) is 11.1. The van der Waals surface area contributed by atoms with Crippen LogP contribution >= 0.6 is 0 Å². The molecule has 1 heterocycles. The van der Waals surface area contributed by atoms with Gasteiger partial charge in [0, 0.05) is 6.04 Å². The largest absolute Gasteiger partial charge is 0.456 e. The maximum atomic E-state index is 5.84. The number of hydrogen-bond donors (Lipinski definition) is 1. The molecule has 0 aliphatic heterocycles. The molecule has 0 bridgehead atoms. The van der Waals surface area contributed by atoms with Crippen molar-refractivity contribution in [2.45, 2.75) is 32.2 Å². The maximum absolute atomic E-state index is 5.84. The number of rotatable bonds is 3. The van der Waals surface area contributed by atoms with Crippen molar-refractivity contribution in [2.24, 2.45) is 5.73 Å². The number of fused-ring (bicyclic) bond motifs is 1. The van der Waals surface area contributed by atoms with Crippen LogP contribution in [0.4, 0.5) is 0 Å². The van der Waals surface area contributed by atoms with Gasteiger partial charge in [-0.1, -0.05) is 6.07 Å². The summed E-state index contributed by atoms with van der Waals surface area (Å²) < 4.78 is 5.84. The first-order valence-corrected chi connectivity index (χ1v) is 6.73. The molecule has 1 aromatic carbocycles. The van der Waals surface area contributed by atoms with E-state index in [-0.39, 0.29) is 6.04 Å². The summed E-state index contributed by atoms with van der Waals surface area (Å²) >= 11 is 0. The third-order valence-corrected chi connectivity index (χ3v) is 3.53. The molecule has 3 rings (SSSR count). The standard InChI is InChI=1S/C16H18N2O/c1-11(17)16-8-7-15(10-18-16)19-14-6-5-12-3-2-4-13(12)9-14/h5-11H,2-4,17H2,1H3/t11-/m1/s1. The fraction of sp³-hybridized carbons (Fsp3) is 0.312. The van der Waals surface area contributed by atoms with Crippen LogP contribution in [0.5, 0.6) is 11.5 Å². The summed E-state index contributed by atoms with van der Waals surface area (Å²) in [6.07, 6.45) is 5.34. The van der Waals surface area contributed by atoms with Crippen molar-refractivity contribution in [1.29, 1.82) is 0 Å². The molecular weight excluding hydrogens is 236 g/mol. The van der Waals surface area contributed by atoms with Gasteiger partial charge in [-0.25, -0.2) is 0 Å². The van der Waals surface area contributed by atoms with Gasteiger partial charge in [0.15, 0.2) is 0 Å². The Hall–Kier alpha value is -1.87. The lowest BCUT2D eigenvalue weighted by Crippen LogP contribution is -2.06. The summed E-state index contributed by atoms with van der Waals surface area (Å²) in [5.74, 6) is 1.64. The molecule has 0 radical (unpaired) electrons. The summed E-state index contributed by atoms with van der Waals surface area (Å²) in [6.45, 7) is 1.92. The lowest BCUT2D eigenvalue weighted by Gasteiger charge is -2.09. The normalized spacial score (nSPS) is 15.1. The van der Waals surface area contributed by atoms with Crippen molar-refractivity contribution in [3.8, 4) is 11.5 Å². The van der Waals surface area contributed by atoms with Crippen molar-refractivity contribution >= 4 is 0 Å². The Bertz CT molecular complexity index is 576. The van der Waals surface area contributed by atoms with Crippen LogP contribution in [0.1, 0.15) is 36.2 Å². The number of aromatic nitrogens is 1. The van der Waals surface area contributed by atoms with Crippen LogP contribution in [0, 0.1) is 0 Å². The maximum Gasteiger partial charge on any atom is 0.145 e. The number of nitrogens with zero attached hydrogens (tertiary/aromatic N) is 1. The highest BCUT2D eigenvalue weighted by Crippen LogP contribution is 2.28. The summed E-state index contributed by atoms with van der Waals surface area (Å²) in [7, 11) is 0. The SMILES string of the molecule is C[C@@H](N)c1ccc(Oc2ccc3c(c2)CCC3)cn1. The molecule has 0 saturated heterocycles. The second kappa shape index (κ2) is 5.02. The molecule has 1 atom stereocenters. The zero-order chi connectivity index (χ0) is 13.2. The molecule has 1 aliphatic rings. The zero-order valence-corrected chi connectivity index (χ0v) is 11.1. The van der Waals surface area contributed by atoms with Crippen molar-refractivity contribution in [3.63, 3.8) is 0 Å². The van der Waals surface area contributed by atoms with E-state index in [0.29, 0.717) is 0 Å². The predicted molar refractivity (Wildman–Crippen MR) is 75.4 cm³/mol. The van der Waals surface area contributed by atoms with Crippen LogP contribution in [-0.4, -0.2) is 4.98 Å². The average molecular weight is 254 g/mol. The molecule has 2 aromatic rings. The highest BCUT2D eigenvalue weighted by molar-refractivity contribution is 5.40. The first-order chi connectivity index (χ1) is 9.22. The number of pyridine rings is 1. The molecule has 0 unspecified atom stereocenters. The topological polar surface area (TPSA) is 48.1 Å². The van der Waals surface area contributed by atoms with Gasteiger partial charge in [-0.15, -0.1) is 0 Å². The van der Waals surface area contributed by atoms with Crippen LogP contribution in [0.15, 0.2) is 36.5 Å². The minimum absolute atomic E-state index is 0.0472. The summed E-state index contributed by atoms with van der Waals surface area (Å²) in [4.78, 5) is 4.30.